The Bertz CT molecular complexity index is 631. The van der Waals surface area contributed by atoms with E-state index >= 15 is 0 Å². The molecule has 0 spiro atoms. The highest BCUT2D eigenvalue weighted by atomic mass is 16.7. The lowest BCUT2D eigenvalue weighted by Crippen LogP contribution is -2.39. The van der Waals surface area contributed by atoms with Crippen molar-refractivity contribution in [2.24, 2.45) is 0 Å². The number of fused-ring (bicyclic) bond motifs is 1. The maximum absolute atomic E-state index is 11.9. The zero-order chi connectivity index (χ0) is 15.2. The molecule has 0 unspecified atom stereocenters. The molecule has 3 rings (SSSR count). The third-order valence-corrected chi connectivity index (χ3v) is 3.51. The quantitative estimate of drug-likeness (QED) is 0.853. The number of ether oxygens (including phenoxy) is 1. The number of amides is 2. The fourth-order valence-electron chi connectivity index (χ4n) is 2.44. The van der Waals surface area contributed by atoms with Crippen LogP contribution in [0.4, 0.5) is 4.79 Å². The van der Waals surface area contributed by atoms with Gasteiger partial charge in [0.15, 0.2) is 0 Å². The summed E-state index contributed by atoms with van der Waals surface area (Å²) in [4.78, 5) is 17.1. The minimum Gasteiger partial charge on any atom is -0.493 e. The lowest BCUT2D eigenvalue weighted by atomic mass is 10.0. The number of carbonyl (C=O) groups is 1. The Morgan fingerprint density at radius 2 is 1.91 bits per heavy atom. The van der Waals surface area contributed by atoms with Gasteiger partial charge in [-0.3, -0.25) is 4.84 Å². The highest BCUT2D eigenvalue weighted by Gasteiger charge is 2.22. The van der Waals surface area contributed by atoms with E-state index in [2.05, 4.69) is 10.8 Å². The summed E-state index contributed by atoms with van der Waals surface area (Å²) in [5.41, 5.74) is 4.41. The Kier molecular flexibility index (Phi) is 4.56. The van der Waals surface area contributed by atoms with Gasteiger partial charge in [0.05, 0.1) is 19.3 Å². The van der Waals surface area contributed by atoms with Crippen LogP contribution >= 0.6 is 0 Å². The number of benzene rings is 2. The number of nitrogens with one attached hydrogen (secondary N) is 2. The monoisotopic (exact) mass is 298 g/mol. The smallest absolute Gasteiger partial charge is 0.339 e. The van der Waals surface area contributed by atoms with Gasteiger partial charge < -0.3 is 10.1 Å². The van der Waals surface area contributed by atoms with Crippen molar-refractivity contribution < 1.29 is 14.4 Å². The fraction of sp³-hybridized carbons (Fsp3) is 0.235. The maximum Gasteiger partial charge on any atom is 0.339 e. The summed E-state index contributed by atoms with van der Waals surface area (Å²) in [5, 5.41) is 2.91. The van der Waals surface area contributed by atoms with Gasteiger partial charge in [-0.1, -0.05) is 48.5 Å². The van der Waals surface area contributed by atoms with Crippen LogP contribution in [0.2, 0.25) is 0 Å². The largest absolute Gasteiger partial charge is 0.493 e. The zero-order valence-electron chi connectivity index (χ0n) is 12.1. The summed E-state index contributed by atoms with van der Waals surface area (Å²) < 4.78 is 5.57. The zero-order valence-corrected chi connectivity index (χ0v) is 12.1. The van der Waals surface area contributed by atoms with Crippen LogP contribution in [0, 0.1) is 0 Å². The number of hydrogen-bond donors (Lipinski definition) is 2. The second-order valence-electron chi connectivity index (χ2n) is 5.08. The molecule has 2 aromatic carbocycles. The molecule has 5 nitrogen and oxygen atoms in total. The highest BCUT2D eigenvalue weighted by molar-refractivity contribution is 5.73. The van der Waals surface area contributed by atoms with Crippen molar-refractivity contribution in [3.63, 3.8) is 0 Å². The third-order valence-electron chi connectivity index (χ3n) is 3.51. The van der Waals surface area contributed by atoms with Crippen molar-refractivity contribution in [3.05, 3.63) is 65.7 Å². The molecule has 2 N–H and O–H groups in total. The highest BCUT2D eigenvalue weighted by Crippen LogP contribution is 2.31. The van der Waals surface area contributed by atoms with Gasteiger partial charge in [-0.2, -0.15) is 0 Å². The van der Waals surface area contributed by atoms with E-state index in [1.54, 1.807) is 0 Å². The van der Waals surface area contributed by atoms with Crippen LogP contribution in [0.1, 0.15) is 23.6 Å². The Morgan fingerprint density at radius 3 is 2.77 bits per heavy atom. The molecule has 0 aliphatic carbocycles. The first-order valence-electron chi connectivity index (χ1n) is 7.27. The minimum atomic E-state index is -0.349. The summed E-state index contributed by atoms with van der Waals surface area (Å²) >= 11 is 0. The van der Waals surface area contributed by atoms with Gasteiger partial charge in [-0.05, 0) is 11.6 Å². The van der Waals surface area contributed by atoms with E-state index in [9.17, 15) is 4.79 Å². The molecule has 1 aliphatic heterocycles. The average molecular weight is 298 g/mol. The predicted octanol–water partition coefficient (Wildman–Crippen LogP) is 2.94. The second kappa shape index (κ2) is 6.95. The van der Waals surface area contributed by atoms with Crippen LogP contribution in [0.3, 0.4) is 0 Å². The molecule has 2 amide bonds. The first-order chi connectivity index (χ1) is 10.8. The summed E-state index contributed by atoms with van der Waals surface area (Å²) in [5.74, 6) is 0.823. The summed E-state index contributed by atoms with van der Waals surface area (Å²) in [6, 6.07) is 17.0. The Morgan fingerprint density at radius 1 is 1.14 bits per heavy atom. The molecule has 2 aromatic rings. The standard InChI is InChI=1S/C17H18N2O3/c20-17(19-22-12-13-6-2-1-3-7-13)18-15-10-11-21-16-9-5-4-8-14(15)16/h1-9,15H,10-12H2,(H2,18,19,20)/t15-/m0/s1. The van der Waals surface area contributed by atoms with E-state index in [1.807, 2.05) is 54.6 Å². The van der Waals surface area contributed by atoms with Crippen molar-refractivity contribution in [2.45, 2.75) is 19.1 Å². The summed E-state index contributed by atoms with van der Waals surface area (Å²) in [7, 11) is 0. The number of para-hydroxylation sites is 1. The van der Waals surface area contributed by atoms with Gasteiger partial charge in [-0.25, -0.2) is 10.3 Å². The molecule has 1 atom stereocenters. The molecule has 1 heterocycles. The van der Waals surface area contributed by atoms with Gasteiger partial charge in [0.1, 0.15) is 5.75 Å². The van der Waals surface area contributed by atoms with E-state index in [0.717, 1.165) is 23.3 Å². The first kappa shape index (κ1) is 14.4. The van der Waals surface area contributed by atoms with Crippen molar-refractivity contribution >= 4 is 6.03 Å². The average Bonchev–Trinajstić information content (AvgIpc) is 2.56. The third kappa shape index (κ3) is 3.56. The molecular weight excluding hydrogens is 280 g/mol. The second-order valence-corrected chi connectivity index (χ2v) is 5.08. The molecule has 0 radical (unpaired) electrons. The van der Waals surface area contributed by atoms with Gasteiger partial charge in [0.2, 0.25) is 0 Å². The SMILES string of the molecule is O=C(NOCc1ccccc1)N[C@H]1CCOc2ccccc21. The lowest BCUT2D eigenvalue weighted by Gasteiger charge is -2.26. The summed E-state index contributed by atoms with van der Waals surface area (Å²) in [6.45, 7) is 0.922. The Hall–Kier alpha value is -2.53. The number of hydroxylamine groups is 1. The van der Waals surface area contributed by atoms with Crippen molar-refractivity contribution in [1.29, 1.82) is 0 Å². The van der Waals surface area contributed by atoms with Crippen LogP contribution < -0.4 is 15.5 Å². The molecule has 1 aliphatic rings. The first-order valence-corrected chi connectivity index (χ1v) is 7.27. The van der Waals surface area contributed by atoms with Gasteiger partial charge in [0, 0.05) is 12.0 Å². The van der Waals surface area contributed by atoms with E-state index < -0.39 is 0 Å². The van der Waals surface area contributed by atoms with E-state index in [-0.39, 0.29) is 12.1 Å². The molecule has 0 fully saturated rings. The maximum atomic E-state index is 11.9. The fourth-order valence-corrected chi connectivity index (χ4v) is 2.44. The van der Waals surface area contributed by atoms with E-state index in [4.69, 9.17) is 9.57 Å². The van der Waals surface area contributed by atoms with Crippen LogP contribution in [0.25, 0.3) is 0 Å². The van der Waals surface area contributed by atoms with Crippen molar-refractivity contribution in [2.75, 3.05) is 6.61 Å². The van der Waals surface area contributed by atoms with E-state index in [0.29, 0.717) is 13.2 Å². The predicted molar refractivity (Wildman–Crippen MR) is 82.2 cm³/mol. The van der Waals surface area contributed by atoms with Crippen LogP contribution in [0.15, 0.2) is 54.6 Å². The molecule has 114 valence electrons. The minimum absolute atomic E-state index is 0.0646. The molecule has 0 saturated carbocycles. The Balaban J connectivity index is 1.50. The summed E-state index contributed by atoms with van der Waals surface area (Å²) in [6.07, 6.45) is 0.739. The van der Waals surface area contributed by atoms with Crippen molar-refractivity contribution in [3.8, 4) is 5.75 Å². The molecule has 0 saturated heterocycles. The Labute approximate surface area is 129 Å². The molecule has 5 heteroatoms. The van der Waals surface area contributed by atoms with Crippen LogP contribution in [-0.4, -0.2) is 12.6 Å². The normalized spacial score (nSPS) is 16.3. The topological polar surface area (TPSA) is 59.6 Å². The molecule has 0 bridgehead atoms. The molecular formula is C17H18N2O3. The number of carbonyl (C=O) groups excluding carboxylic acids is 1. The van der Waals surface area contributed by atoms with Gasteiger partial charge in [-0.15, -0.1) is 0 Å². The van der Waals surface area contributed by atoms with Crippen LogP contribution in [0.5, 0.6) is 5.75 Å². The van der Waals surface area contributed by atoms with Gasteiger partial charge >= 0.3 is 6.03 Å². The molecule has 0 aromatic heterocycles. The number of hydrogen-bond acceptors (Lipinski definition) is 3. The number of urea groups is 1. The van der Waals surface area contributed by atoms with Crippen LogP contribution in [-0.2, 0) is 11.4 Å². The van der Waals surface area contributed by atoms with E-state index in [1.165, 1.54) is 0 Å². The lowest BCUT2D eigenvalue weighted by molar-refractivity contribution is 0.0475. The van der Waals surface area contributed by atoms with Crippen molar-refractivity contribution in [1.82, 2.24) is 10.8 Å². The van der Waals surface area contributed by atoms with Gasteiger partial charge in [0.25, 0.3) is 0 Å². The number of rotatable bonds is 4. The molecule has 22 heavy (non-hydrogen) atoms.